The third kappa shape index (κ3) is 4.57. The Hall–Kier alpha value is -0.410. The predicted molar refractivity (Wildman–Crippen MR) is 83.5 cm³/mol. The van der Waals surface area contributed by atoms with Crippen molar-refractivity contribution in [3.63, 3.8) is 0 Å². The van der Waals surface area contributed by atoms with E-state index in [4.69, 9.17) is 0 Å². The van der Waals surface area contributed by atoms with Crippen molar-refractivity contribution in [2.75, 3.05) is 6.54 Å². The highest BCUT2D eigenvalue weighted by molar-refractivity contribution is 7.11. The first-order valence-corrected chi connectivity index (χ1v) is 8.39. The maximum Gasteiger partial charge on any atom is 0.107 e. The number of aryl methyl sites for hydroxylation is 1. The zero-order valence-corrected chi connectivity index (χ0v) is 13.6. The SMILES string of the molecule is Cc1cnc(CNCC2CCC(C(C)(C)C)CC2)s1. The van der Waals surface area contributed by atoms with Gasteiger partial charge in [-0.25, -0.2) is 4.98 Å². The molecule has 0 atom stereocenters. The summed E-state index contributed by atoms with van der Waals surface area (Å²) in [6, 6.07) is 0. The molecule has 1 saturated carbocycles. The highest BCUT2D eigenvalue weighted by atomic mass is 32.1. The van der Waals surface area contributed by atoms with Crippen molar-refractivity contribution >= 4 is 11.3 Å². The highest BCUT2D eigenvalue weighted by Crippen LogP contribution is 2.39. The first-order chi connectivity index (χ1) is 8.95. The van der Waals surface area contributed by atoms with Crippen LogP contribution in [0.15, 0.2) is 6.20 Å². The summed E-state index contributed by atoms with van der Waals surface area (Å²) in [4.78, 5) is 5.71. The van der Waals surface area contributed by atoms with E-state index in [9.17, 15) is 0 Å². The number of thiazole rings is 1. The number of nitrogens with zero attached hydrogens (tertiary/aromatic N) is 1. The lowest BCUT2D eigenvalue weighted by molar-refractivity contribution is 0.149. The highest BCUT2D eigenvalue weighted by Gasteiger charge is 2.29. The van der Waals surface area contributed by atoms with E-state index in [-0.39, 0.29) is 0 Å². The number of nitrogens with one attached hydrogen (secondary N) is 1. The summed E-state index contributed by atoms with van der Waals surface area (Å²) in [5.74, 6) is 1.80. The van der Waals surface area contributed by atoms with Crippen molar-refractivity contribution in [3.8, 4) is 0 Å². The van der Waals surface area contributed by atoms with Crippen molar-refractivity contribution in [3.05, 3.63) is 16.1 Å². The summed E-state index contributed by atoms with van der Waals surface area (Å²) in [5, 5.41) is 4.81. The molecule has 0 radical (unpaired) electrons. The van der Waals surface area contributed by atoms with Gasteiger partial charge in [-0.1, -0.05) is 20.8 Å². The molecule has 0 aliphatic heterocycles. The zero-order chi connectivity index (χ0) is 13.9. The van der Waals surface area contributed by atoms with Gasteiger partial charge in [0.2, 0.25) is 0 Å². The molecule has 1 aromatic heterocycles. The van der Waals surface area contributed by atoms with E-state index in [1.54, 1.807) is 11.3 Å². The molecule has 0 amide bonds. The van der Waals surface area contributed by atoms with Crippen molar-refractivity contribution in [2.45, 2.75) is 59.9 Å². The Morgan fingerprint density at radius 2 is 1.95 bits per heavy atom. The molecule has 19 heavy (non-hydrogen) atoms. The van der Waals surface area contributed by atoms with E-state index in [2.05, 4.69) is 38.0 Å². The van der Waals surface area contributed by atoms with Gasteiger partial charge in [0, 0.05) is 17.6 Å². The second-order valence-electron chi connectivity index (χ2n) is 7.08. The number of hydrogen-bond acceptors (Lipinski definition) is 3. The van der Waals surface area contributed by atoms with E-state index in [0.29, 0.717) is 5.41 Å². The summed E-state index contributed by atoms with van der Waals surface area (Å²) < 4.78 is 0. The lowest BCUT2D eigenvalue weighted by atomic mass is 9.70. The van der Waals surface area contributed by atoms with Crippen LogP contribution in [0.3, 0.4) is 0 Å². The third-order valence-electron chi connectivity index (χ3n) is 4.45. The molecule has 1 aliphatic carbocycles. The fourth-order valence-electron chi connectivity index (χ4n) is 3.10. The van der Waals surface area contributed by atoms with E-state index in [0.717, 1.165) is 24.9 Å². The second-order valence-corrected chi connectivity index (χ2v) is 8.40. The number of hydrogen-bond donors (Lipinski definition) is 1. The second kappa shape index (κ2) is 6.36. The Morgan fingerprint density at radius 1 is 1.26 bits per heavy atom. The van der Waals surface area contributed by atoms with Crippen LogP contribution in [0.2, 0.25) is 0 Å². The maximum atomic E-state index is 4.40. The lowest BCUT2D eigenvalue weighted by Crippen LogP contribution is -2.30. The monoisotopic (exact) mass is 280 g/mol. The molecule has 0 saturated heterocycles. The Labute approximate surface area is 122 Å². The minimum Gasteiger partial charge on any atom is -0.310 e. The molecule has 1 fully saturated rings. The molecule has 2 nitrogen and oxygen atoms in total. The smallest absolute Gasteiger partial charge is 0.107 e. The van der Waals surface area contributed by atoms with Crippen LogP contribution in [-0.2, 0) is 6.54 Å². The van der Waals surface area contributed by atoms with Crippen LogP contribution in [0.5, 0.6) is 0 Å². The average Bonchev–Trinajstić information content (AvgIpc) is 2.75. The van der Waals surface area contributed by atoms with Gasteiger partial charge < -0.3 is 5.32 Å². The van der Waals surface area contributed by atoms with Crippen molar-refractivity contribution in [1.29, 1.82) is 0 Å². The fourth-order valence-corrected chi connectivity index (χ4v) is 3.86. The van der Waals surface area contributed by atoms with Gasteiger partial charge in [-0.3, -0.25) is 0 Å². The van der Waals surface area contributed by atoms with Crippen molar-refractivity contribution in [1.82, 2.24) is 10.3 Å². The normalized spacial score (nSPS) is 24.6. The van der Waals surface area contributed by atoms with Crippen LogP contribution in [-0.4, -0.2) is 11.5 Å². The lowest BCUT2D eigenvalue weighted by Gasteiger charge is -2.37. The van der Waals surface area contributed by atoms with Crippen molar-refractivity contribution < 1.29 is 0 Å². The topological polar surface area (TPSA) is 24.9 Å². The Morgan fingerprint density at radius 3 is 2.47 bits per heavy atom. The molecule has 1 aliphatic rings. The molecule has 0 bridgehead atoms. The predicted octanol–water partition coefficient (Wildman–Crippen LogP) is 4.39. The van der Waals surface area contributed by atoms with Crippen LogP contribution >= 0.6 is 11.3 Å². The van der Waals surface area contributed by atoms with Crippen LogP contribution in [0.4, 0.5) is 0 Å². The molecule has 3 heteroatoms. The summed E-state index contributed by atoms with van der Waals surface area (Å²) in [7, 11) is 0. The van der Waals surface area contributed by atoms with E-state index < -0.39 is 0 Å². The molecule has 2 rings (SSSR count). The van der Waals surface area contributed by atoms with Crippen LogP contribution < -0.4 is 5.32 Å². The number of aromatic nitrogens is 1. The molecular formula is C16H28N2S. The van der Waals surface area contributed by atoms with E-state index >= 15 is 0 Å². The van der Waals surface area contributed by atoms with Gasteiger partial charge in [0.1, 0.15) is 5.01 Å². The molecular weight excluding hydrogens is 252 g/mol. The maximum absolute atomic E-state index is 4.40. The summed E-state index contributed by atoms with van der Waals surface area (Å²) in [6.45, 7) is 11.4. The Kier molecular flexibility index (Phi) is 5.02. The van der Waals surface area contributed by atoms with Gasteiger partial charge in [0.05, 0.1) is 0 Å². The van der Waals surface area contributed by atoms with Crippen LogP contribution in [0.25, 0.3) is 0 Å². The molecule has 0 spiro atoms. The van der Waals surface area contributed by atoms with Crippen LogP contribution in [0, 0.1) is 24.2 Å². The van der Waals surface area contributed by atoms with Gasteiger partial charge in [0.15, 0.2) is 0 Å². The summed E-state index contributed by atoms with van der Waals surface area (Å²) >= 11 is 1.80. The fraction of sp³-hybridized carbons (Fsp3) is 0.812. The minimum absolute atomic E-state index is 0.497. The molecule has 1 heterocycles. The Bertz CT molecular complexity index is 384. The van der Waals surface area contributed by atoms with Gasteiger partial charge >= 0.3 is 0 Å². The quantitative estimate of drug-likeness (QED) is 0.884. The third-order valence-corrected chi connectivity index (χ3v) is 5.36. The zero-order valence-electron chi connectivity index (χ0n) is 12.8. The summed E-state index contributed by atoms with van der Waals surface area (Å²) in [5.41, 5.74) is 0.497. The van der Waals surface area contributed by atoms with E-state index in [1.807, 2.05) is 6.20 Å². The molecule has 108 valence electrons. The number of rotatable bonds is 4. The average molecular weight is 280 g/mol. The summed E-state index contributed by atoms with van der Waals surface area (Å²) in [6.07, 6.45) is 7.58. The standard InChI is InChI=1S/C16H28N2S/c1-12-9-18-15(19-12)11-17-10-13-5-7-14(8-6-13)16(2,3)4/h9,13-14,17H,5-8,10-11H2,1-4H3. The first-order valence-electron chi connectivity index (χ1n) is 7.57. The molecule has 0 unspecified atom stereocenters. The van der Waals surface area contributed by atoms with Gasteiger partial charge in [-0.2, -0.15) is 0 Å². The van der Waals surface area contributed by atoms with Crippen molar-refractivity contribution in [2.24, 2.45) is 17.3 Å². The largest absolute Gasteiger partial charge is 0.310 e. The first kappa shape index (κ1) is 15.0. The van der Waals surface area contributed by atoms with Gasteiger partial charge in [0.25, 0.3) is 0 Å². The molecule has 0 aromatic carbocycles. The molecule has 1 N–H and O–H groups in total. The van der Waals surface area contributed by atoms with Crippen LogP contribution in [0.1, 0.15) is 56.3 Å². The Balaban J connectivity index is 1.66. The molecule has 1 aromatic rings. The van der Waals surface area contributed by atoms with Gasteiger partial charge in [-0.15, -0.1) is 11.3 Å². The minimum atomic E-state index is 0.497. The van der Waals surface area contributed by atoms with E-state index in [1.165, 1.54) is 35.6 Å². The van der Waals surface area contributed by atoms with Gasteiger partial charge in [-0.05, 0) is 56.4 Å².